The van der Waals surface area contributed by atoms with Gasteiger partial charge >= 0.3 is 0 Å². The minimum absolute atomic E-state index is 0.00120. The van der Waals surface area contributed by atoms with E-state index in [1.807, 2.05) is 32.0 Å². The number of carbonyl (C=O) groups excluding carboxylic acids is 2. The smallest absolute Gasteiger partial charge is 0.278 e. The third kappa shape index (κ3) is 3.50. The van der Waals surface area contributed by atoms with Gasteiger partial charge in [-0.2, -0.15) is 0 Å². The molecule has 0 radical (unpaired) electrons. The van der Waals surface area contributed by atoms with Gasteiger partial charge in [0.05, 0.1) is 17.8 Å². The SMILES string of the molecule is CCc1cccc(C)c1NS(=O)(=O)c1ccc(CN2C(=O)c3cccnc3C2=O)s1. The first kappa shape index (κ1) is 20.2. The summed E-state index contributed by atoms with van der Waals surface area (Å²) in [6.45, 7) is 3.82. The average Bonchev–Trinajstić information content (AvgIpc) is 3.30. The zero-order chi connectivity index (χ0) is 21.5. The summed E-state index contributed by atoms with van der Waals surface area (Å²) in [6, 6.07) is 11.9. The molecule has 0 saturated heterocycles. The van der Waals surface area contributed by atoms with Crippen molar-refractivity contribution in [3.05, 3.63) is 75.9 Å². The number of amides is 2. The Labute approximate surface area is 178 Å². The van der Waals surface area contributed by atoms with Crippen molar-refractivity contribution in [2.75, 3.05) is 4.72 Å². The van der Waals surface area contributed by atoms with Gasteiger partial charge in [0, 0.05) is 11.1 Å². The van der Waals surface area contributed by atoms with Crippen LogP contribution in [0.3, 0.4) is 0 Å². The predicted molar refractivity (Wildman–Crippen MR) is 114 cm³/mol. The van der Waals surface area contributed by atoms with Crippen molar-refractivity contribution in [1.29, 1.82) is 0 Å². The molecule has 1 N–H and O–H groups in total. The molecule has 4 rings (SSSR count). The number of hydrogen-bond donors (Lipinski definition) is 1. The average molecular weight is 442 g/mol. The van der Waals surface area contributed by atoms with Crippen LogP contribution in [-0.2, 0) is 23.0 Å². The van der Waals surface area contributed by atoms with E-state index in [2.05, 4.69) is 9.71 Å². The van der Waals surface area contributed by atoms with Crippen molar-refractivity contribution >= 4 is 38.9 Å². The lowest BCUT2D eigenvalue weighted by Gasteiger charge is -2.14. The molecule has 154 valence electrons. The Hall–Kier alpha value is -3.04. The minimum Gasteiger partial charge on any atom is -0.278 e. The zero-order valence-corrected chi connectivity index (χ0v) is 18.0. The van der Waals surface area contributed by atoms with Crippen LogP contribution in [0.5, 0.6) is 0 Å². The number of sulfonamides is 1. The van der Waals surface area contributed by atoms with E-state index in [0.29, 0.717) is 17.0 Å². The lowest BCUT2D eigenvalue weighted by atomic mass is 10.1. The van der Waals surface area contributed by atoms with Crippen LogP contribution in [0, 0.1) is 6.92 Å². The molecule has 7 nitrogen and oxygen atoms in total. The number of nitrogens with zero attached hydrogens (tertiary/aromatic N) is 2. The Morgan fingerprint density at radius 1 is 1.07 bits per heavy atom. The number of fused-ring (bicyclic) bond motifs is 1. The van der Waals surface area contributed by atoms with Gasteiger partial charge in [0.1, 0.15) is 9.90 Å². The molecule has 0 aliphatic carbocycles. The fourth-order valence-corrected chi connectivity index (χ4v) is 5.87. The van der Waals surface area contributed by atoms with Crippen molar-refractivity contribution in [1.82, 2.24) is 9.88 Å². The van der Waals surface area contributed by atoms with E-state index < -0.39 is 21.8 Å². The van der Waals surface area contributed by atoms with Crippen LogP contribution in [0.4, 0.5) is 5.69 Å². The summed E-state index contributed by atoms with van der Waals surface area (Å²) in [6.07, 6.45) is 2.16. The van der Waals surface area contributed by atoms with E-state index in [1.165, 1.54) is 12.3 Å². The first-order chi connectivity index (χ1) is 14.3. The van der Waals surface area contributed by atoms with Gasteiger partial charge in [-0.3, -0.25) is 24.2 Å². The molecule has 0 saturated carbocycles. The van der Waals surface area contributed by atoms with Crippen LogP contribution in [0.15, 0.2) is 52.9 Å². The molecule has 9 heteroatoms. The number of imide groups is 1. The van der Waals surface area contributed by atoms with Gasteiger partial charge in [0.2, 0.25) is 0 Å². The standard InChI is InChI=1S/C21H19N3O4S2/c1-3-14-7-4-6-13(2)18(14)23-30(27,28)17-10-9-15(29-17)12-24-20(25)16-8-5-11-22-19(16)21(24)26/h4-11,23H,3,12H2,1-2H3. The fourth-order valence-electron chi connectivity index (χ4n) is 3.35. The van der Waals surface area contributed by atoms with E-state index in [1.54, 1.807) is 18.2 Å². The van der Waals surface area contributed by atoms with Gasteiger partial charge in [-0.15, -0.1) is 11.3 Å². The molecule has 2 amide bonds. The van der Waals surface area contributed by atoms with Crippen LogP contribution in [-0.4, -0.2) is 30.1 Å². The van der Waals surface area contributed by atoms with E-state index in [9.17, 15) is 18.0 Å². The number of thiophene rings is 1. The van der Waals surface area contributed by atoms with Crippen molar-refractivity contribution < 1.29 is 18.0 Å². The Morgan fingerprint density at radius 2 is 1.87 bits per heavy atom. The summed E-state index contributed by atoms with van der Waals surface area (Å²) in [5.74, 6) is -0.898. The molecule has 1 aromatic carbocycles. The van der Waals surface area contributed by atoms with Gasteiger partial charge in [0.15, 0.2) is 0 Å². The lowest BCUT2D eigenvalue weighted by molar-refractivity contribution is 0.0642. The first-order valence-electron chi connectivity index (χ1n) is 9.33. The highest BCUT2D eigenvalue weighted by Crippen LogP contribution is 2.30. The molecule has 0 unspecified atom stereocenters. The van der Waals surface area contributed by atoms with Crippen molar-refractivity contribution in [3.63, 3.8) is 0 Å². The maximum atomic E-state index is 12.9. The van der Waals surface area contributed by atoms with Crippen molar-refractivity contribution in [3.8, 4) is 0 Å². The van der Waals surface area contributed by atoms with Gasteiger partial charge in [-0.1, -0.05) is 25.1 Å². The van der Waals surface area contributed by atoms with Gasteiger partial charge < -0.3 is 0 Å². The summed E-state index contributed by atoms with van der Waals surface area (Å²) >= 11 is 1.03. The molecule has 0 atom stereocenters. The molecule has 0 fully saturated rings. The minimum atomic E-state index is -3.79. The molecular formula is C21H19N3O4S2. The third-order valence-corrected chi connectivity index (χ3v) is 7.83. The number of anilines is 1. The summed E-state index contributed by atoms with van der Waals surface area (Å²) in [7, 11) is -3.79. The van der Waals surface area contributed by atoms with Crippen LogP contribution >= 0.6 is 11.3 Å². The second kappa shape index (κ2) is 7.66. The Bertz CT molecular complexity index is 1230. The summed E-state index contributed by atoms with van der Waals surface area (Å²) in [5, 5.41) is 0. The normalized spacial score (nSPS) is 13.6. The second-order valence-corrected chi connectivity index (χ2v) is 9.96. The van der Waals surface area contributed by atoms with Gasteiger partial charge in [-0.25, -0.2) is 8.42 Å². The maximum Gasteiger partial charge on any atom is 0.280 e. The highest BCUT2D eigenvalue weighted by molar-refractivity contribution is 7.94. The summed E-state index contributed by atoms with van der Waals surface area (Å²) < 4.78 is 28.7. The summed E-state index contributed by atoms with van der Waals surface area (Å²) in [5.41, 5.74) is 2.73. The number of hydrogen-bond acceptors (Lipinski definition) is 6. The van der Waals surface area contributed by atoms with Crippen molar-refractivity contribution in [2.24, 2.45) is 0 Å². The Morgan fingerprint density at radius 3 is 2.60 bits per heavy atom. The van der Waals surface area contributed by atoms with Crippen LogP contribution in [0.2, 0.25) is 0 Å². The third-order valence-electron chi connectivity index (χ3n) is 4.92. The second-order valence-electron chi connectivity index (χ2n) is 6.88. The molecule has 2 aromatic heterocycles. The molecule has 30 heavy (non-hydrogen) atoms. The number of aromatic nitrogens is 1. The quantitative estimate of drug-likeness (QED) is 0.590. The zero-order valence-electron chi connectivity index (χ0n) is 16.4. The van der Waals surface area contributed by atoms with Crippen LogP contribution in [0.25, 0.3) is 0 Å². The number of pyridine rings is 1. The maximum absolute atomic E-state index is 12.9. The molecule has 0 bridgehead atoms. The van der Waals surface area contributed by atoms with E-state index in [-0.39, 0.29) is 22.0 Å². The lowest BCUT2D eigenvalue weighted by Crippen LogP contribution is -2.28. The number of para-hydroxylation sites is 1. The van der Waals surface area contributed by atoms with E-state index in [4.69, 9.17) is 0 Å². The van der Waals surface area contributed by atoms with Crippen molar-refractivity contribution in [2.45, 2.75) is 31.0 Å². The topological polar surface area (TPSA) is 96.4 Å². The Balaban J connectivity index is 1.56. The monoisotopic (exact) mass is 441 g/mol. The number of aryl methyl sites for hydroxylation is 2. The van der Waals surface area contributed by atoms with Gasteiger partial charge in [-0.05, 0) is 48.7 Å². The van der Waals surface area contributed by atoms with E-state index >= 15 is 0 Å². The molecule has 3 heterocycles. The fraction of sp³-hybridized carbons (Fsp3) is 0.190. The highest BCUT2D eigenvalue weighted by atomic mass is 32.2. The number of rotatable bonds is 6. The largest absolute Gasteiger partial charge is 0.280 e. The molecule has 0 spiro atoms. The van der Waals surface area contributed by atoms with E-state index in [0.717, 1.165) is 27.4 Å². The summed E-state index contributed by atoms with van der Waals surface area (Å²) in [4.78, 5) is 30.6. The Kier molecular flexibility index (Phi) is 5.17. The number of carbonyl (C=O) groups is 2. The van der Waals surface area contributed by atoms with Crippen LogP contribution in [0.1, 0.15) is 43.8 Å². The van der Waals surface area contributed by atoms with Gasteiger partial charge in [0.25, 0.3) is 21.8 Å². The predicted octanol–water partition coefficient (Wildman–Crippen LogP) is 3.61. The molecule has 3 aromatic rings. The highest BCUT2D eigenvalue weighted by Gasteiger charge is 2.37. The molecule has 1 aliphatic rings. The van der Waals surface area contributed by atoms with Crippen LogP contribution < -0.4 is 4.72 Å². The molecular weight excluding hydrogens is 422 g/mol. The molecule has 1 aliphatic heterocycles. The number of nitrogens with one attached hydrogen (secondary N) is 1. The first-order valence-corrected chi connectivity index (χ1v) is 11.6. The number of benzene rings is 1.